The van der Waals surface area contributed by atoms with E-state index in [9.17, 15) is 24.0 Å². The first-order chi connectivity index (χ1) is 17.7. The molecule has 3 amide bonds. The zero-order chi connectivity index (χ0) is 27.4. The molecule has 198 valence electrons. The van der Waals surface area contributed by atoms with Crippen LogP contribution in [0, 0.1) is 0 Å². The van der Waals surface area contributed by atoms with Gasteiger partial charge in [-0.1, -0.05) is 30.0 Å². The third kappa shape index (κ3) is 9.84. The number of cyclic esters (lactones) is 1. The van der Waals surface area contributed by atoms with E-state index in [4.69, 9.17) is 4.74 Å². The van der Waals surface area contributed by atoms with Gasteiger partial charge in [0.1, 0.15) is 22.9 Å². The maximum atomic E-state index is 12.8. The number of amides is 3. The number of nitrogens with zero attached hydrogens (tertiary/aromatic N) is 2. The van der Waals surface area contributed by atoms with Gasteiger partial charge >= 0.3 is 5.97 Å². The molecule has 1 aromatic rings. The van der Waals surface area contributed by atoms with Crippen molar-refractivity contribution < 1.29 is 28.7 Å². The van der Waals surface area contributed by atoms with Crippen LogP contribution in [0.1, 0.15) is 43.0 Å². The van der Waals surface area contributed by atoms with Gasteiger partial charge in [0.25, 0.3) is 11.8 Å². The predicted octanol–water partition coefficient (Wildman–Crippen LogP) is 1.66. The number of carbonyl (C=O) groups is 5. The Morgan fingerprint density at radius 1 is 1.24 bits per heavy atom. The normalized spacial score (nSPS) is 20.7. The van der Waals surface area contributed by atoms with E-state index in [0.717, 1.165) is 11.8 Å². The van der Waals surface area contributed by atoms with Crippen LogP contribution < -0.4 is 16.0 Å². The summed E-state index contributed by atoms with van der Waals surface area (Å²) in [5, 5.41) is 8.09. The third-order valence-corrected chi connectivity index (χ3v) is 6.26. The highest BCUT2D eigenvalue weighted by atomic mass is 32.2. The van der Waals surface area contributed by atoms with Crippen molar-refractivity contribution in [3.8, 4) is 0 Å². The van der Waals surface area contributed by atoms with Crippen LogP contribution in [0.15, 0.2) is 47.7 Å². The Morgan fingerprint density at radius 2 is 2.00 bits per heavy atom. The van der Waals surface area contributed by atoms with E-state index in [1.807, 2.05) is 0 Å². The molecule has 2 rings (SSSR count). The molecule has 0 radical (unpaired) electrons. The van der Waals surface area contributed by atoms with Gasteiger partial charge in [0.2, 0.25) is 11.7 Å². The first kappa shape index (κ1) is 29.8. The molecule has 0 aromatic carbocycles. The number of aromatic nitrogens is 2. The quantitative estimate of drug-likeness (QED) is 0.119. The number of fused-ring (bicyclic) bond motifs is 2. The second-order valence-electron chi connectivity index (χ2n) is 7.58. The van der Waals surface area contributed by atoms with Crippen LogP contribution in [0.2, 0.25) is 0 Å². The van der Waals surface area contributed by atoms with Crippen molar-refractivity contribution in [2.45, 2.75) is 50.4 Å². The number of rotatable bonds is 6. The highest BCUT2D eigenvalue weighted by Gasteiger charge is 2.26. The van der Waals surface area contributed by atoms with E-state index >= 15 is 0 Å². The van der Waals surface area contributed by atoms with Gasteiger partial charge < -0.3 is 20.7 Å². The highest BCUT2D eigenvalue weighted by molar-refractivity contribution is 8.13. The first-order valence-corrected chi connectivity index (χ1v) is 13.5. The summed E-state index contributed by atoms with van der Waals surface area (Å²) in [6.45, 7) is 6.58. The zero-order valence-electron chi connectivity index (χ0n) is 20.7. The predicted molar refractivity (Wildman–Crippen MR) is 140 cm³/mol. The van der Waals surface area contributed by atoms with Crippen LogP contribution in [-0.4, -0.2) is 62.9 Å². The number of carbonyl (C=O) groups excluding carboxylic acids is 5. The smallest absolute Gasteiger partial charge is 0.333 e. The Hall–Kier alpha value is -3.45. The third-order valence-electron chi connectivity index (χ3n) is 4.79. The van der Waals surface area contributed by atoms with Gasteiger partial charge in [0.15, 0.2) is 5.12 Å². The molecule has 0 saturated heterocycles. The van der Waals surface area contributed by atoms with E-state index in [1.165, 1.54) is 30.8 Å². The van der Waals surface area contributed by atoms with Crippen molar-refractivity contribution in [1.29, 1.82) is 0 Å². The van der Waals surface area contributed by atoms with Crippen molar-refractivity contribution in [2.24, 2.45) is 0 Å². The summed E-state index contributed by atoms with van der Waals surface area (Å²) in [6.07, 6.45) is 6.99. The van der Waals surface area contributed by atoms with Crippen LogP contribution in [0.25, 0.3) is 0 Å². The highest BCUT2D eigenvalue weighted by Crippen LogP contribution is 2.14. The molecular weight excluding hydrogens is 518 g/mol. The lowest BCUT2D eigenvalue weighted by molar-refractivity contribution is -0.150. The molecule has 0 spiro atoms. The molecule has 0 aliphatic carbocycles. The van der Waals surface area contributed by atoms with E-state index in [2.05, 4.69) is 32.5 Å². The Labute approximate surface area is 223 Å². The lowest BCUT2D eigenvalue weighted by Crippen LogP contribution is -2.45. The van der Waals surface area contributed by atoms with Crippen molar-refractivity contribution in [1.82, 2.24) is 25.9 Å². The van der Waals surface area contributed by atoms with E-state index in [0.29, 0.717) is 22.9 Å². The number of nitrogens with one attached hydrogen (secondary N) is 3. The summed E-state index contributed by atoms with van der Waals surface area (Å²) in [6, 6.07) is 0.384. The van der Waals surface area contributed by atoms with Crippen LogP contribution in [0.5, 0.6) is 0 Å². The average Bonchev–Trinajstić information content (AvgIpc) is 2.87. The van der Waals surface area contributed by atoms with Gasteiger partial charge in [-0.2, -0.15) is 0 Å². The fourth-order valence-electron chi connectivity index (χ4n) is 2.97. The summed E-state index contributed by atoms with van der Waals surface area (Å²) in [5.41, 5.74) is 0.262. The molecule has 37 heavy (non-hydrogen) atoms. The molecule has 3 N–H and O–H groups in total. The summed E-state index contributed by atoms with van der Waals surface area (Å²) >= 11 is 2.45. The number of hydrogen-bond acceptors (Lipinski definition) is 10. The Kier molecular flexibility index (Phi) is 12.0. The molecule has 2 atom stereocenters. The number of hydrogen-bond donors (Lipinski definition) is 3. The fourth-order valence-corrected chi connectivity index (χ4v) is 3.95. The van der Waals surface area contributed by atoms with Gasteiger partial charge in [-0.15, -0.1) is 18.3 Å². The Bertz CT molecular complexity index is 1120. The summed E-state index contributed by atoms with van der Waals surface area (Å²) in [7, 11) is 0. The van der Waals surface area contributed by atoms with Crippen LogP contribution in [-0.2, 0) is 30.5 Å². The fraction of sp³-hybridized carbons (Fsp3) is 0.375. The maximum Gasteiger partial charge on any atom is 0.333 e. The second kappa shape index (κ2) is 15.0. The van der Waals surface area contributed by atoms with Gasteiger partial charge in [0, 0.05) is 12.7 Å². The van der Waals surface area contributed by atoms with Gasteiger partial charge in [-0.3, -0.25) is 19.2 Å². The SMILES string of the molecule is C=C[C@@H]1NC(=O)/C(=C/C)NC(=O)c2nc(cc(SC)n2)CNC(=O)C[C@@H](/C=C/CCSC(C)=O)OC1=O. The minimum atomic E-state index is -1.25. The van der Waals surface area contributed by atoms with Gasteiger partial charge in [-0.25, -0.2) is 14.8 Å². The number of thioether (sulfide) groups is 2. The van der Waals surface area contributed by atoms with E-state index < -0.39 is 35.8 Å². The Morgan fingerprint density at radius 3 is 2.65 bits per heavy atom. The lowest BCUT2D eigenvalue weighted by atomic mass is 10.2. The minimum absolute atomic E-state index is 0.00106. The largest absolute Gasteiger partial charge is 0.456 e. The van der Waals surface area contributed by atoms with E-state index in [1.54, 1.807) is 31.4 Å². The summed E-state index contributed by atoms with van der Waals surface area (Å²) in [4.78, 5) is 70.5. The van der Waals surface area contributed by atoms with Crippen LogP contribution in [0.4, 0.5) is 0 Å². The maximum absolute atomic E-state index is 12.8. The molecule has 0 saturated carbocycles. The lowest BCUT2D eigenvalue weighted by Gasteiger charge is -2.20. The molecule has 11 nitrogen and oxygen atoms in total. The standard InChI is InChI=1S/C24H29N5O6S2/c1-5-17-22(32)28-18(6-2)24(34)35-16(9-7-8-10-37-14(3)30)12-19(31)25-13-15-11-20(36-4)29-21(26-15)23(33)27-17/h5-7,9,11,16,18H,2,8,10,12-13H2,1,3-4H3,(H,25,31)(H,27,33)(H,28,32)/b9-7+,17-5-/t16-,18+/m1/s1. The van der Waals surface area contributed by atoms with Crippen molar-refractivity contribution in [3.05, 3.63) is 54.2 Å². The topological polar surface area (TPSA) is 156 Å². The molecule has 0 unspecified atom stereocenters. The number of allylic oxidation sites excluding steroid dienone is 2. The summed E-state index contributed by atoms with van der Waals surface area (Å²) in [5.74, 6) is -2.40. The molecule has 2 heterocycles. The molecule has 13 heteroatoms. The molecule has 1 aliphatic heterocycles. The van der Waals surface area contributed by atoms with Crippen LogP contribution >= 0.6 is 23.5 Å². The molecular formula is C24H29N5O6S2. The van der Waals surface area contributed by atoms with Crippen molar-refractivity contribution in [2.75, 3.05) is 12.0 Å². The average molecular weight is 548 g/mol. The van der Waals surface area contributed by atoms with Crippen molar-refractivity contribution >= 4 is 52.3 Å². The number of esters is 1. The van der Waals surface area contributed by atoms with Crippen LogP contribution in [0.3, 0.4) is 0 Å². The summed E-state index contributed by atoms with van der Waals surface area (Å²) < 4.78 is 5.49. The monoisotopic (exact) mass is 547 g/mol. The van der Waals surface area contributed by atoms with Crippen molar-refractivity contribution in [3.63, 3.8) is 0 Å². The molecule has 1 aromatic heterocycles. The Balaban J connectivity index is 2.36. The van der Waals surface area contributed by atoms with E-state index in [-0.39, 0.29) is 29.6 Å². The van der Waals surface area contributed by atoms with Gasteiger partial charge in [-0.05, 0) is 31.7 Å². The molecule has 0 fully saturated rings. The molecule has 2 bridgehead atoms. The second-order valence-corrected chi connectivity index (χ2v) is 9.68. The minimum Gasteiger partial charge on any atom is -0.456 e. The van der Waals surface area contributed by atoms with Gasteiger partial charge in [0.05, 0.1) is 18.7 Å². The first-order valence-electron chi connectivity index (χ1n) is 11.3. The molecule has 1 aliphatic rings. The zero-order valence-corrected chi connectivity index (χ0v) is 22.4. The number of ether oxygens (including phenoxy) is 1.